The van der Waals surface area contributed by atoms with E-state index in [0.717, 1.165) is 6.54 Å². The van der Waals surface area contributed by atoms with Gasteiger partial charge in [-0.25, -0.2) is 0 Å². The first-order valence-electron chi connectivity index (χ1n) is 15.7. The zero-order valence-corrected chi connectivity index (χ0v) is 26.7. The van der Waals surface area contributed by atoms with E-state index in [2.05, 4.69) is 157 Å². The van der Waals surface area contributed by atoms with Gasteiger partial charge in [0.25, 0.3) is 0 Å². The molecular formula is C40H39NP2. The third-order valence-electron chi connectivity index (χ3n) is 8.88. The van der Waals surface area contributed by atoms with Gasteiger partial charge in [0.15, 0.2) is 0 Å². The number of hydrogen-bond acceptors (Lipinski definition) is 1. The average Bonchev–Trinajstić information content (AvgIpc) is 3.52. The molecule has 1 aliphatic rings. The van der Waals surface area contributed by atoms with E-state index >= 15 is 0 Å². The summed E-state index contributed by atoms with van der Waals surface area (Å²) in [6.45, 7) is 3.47. The molecule has 7 rings (SSSR count). The lowest BCUT2D eigenvalue weighted by Crippen LogP contribution is -2.27. The second kappa shape index (κ2) is 13.1. The molecule has 43 heavy (non-hydrogen) atoms. The van der Waals surface area contributed by atoms with E-state index in [4.69, 9.17) is 0 Å². The van der Waals surface area contributed by atoms with Crippen molar-refractivity contribution < 1.29 is 0 Å². The molecule has 1 fully saturated rings. The van der Waals surface area contributed by atoms with Gasteiger partial charge in [0.2, 0.25) is 0 Å². The number of benzene rings is 6. The summed E-state index contributed by atoms with van der Waals surface area (Å²) in [5.74, 6) is 0. The van der Waals surface area contributed by atoms with Crippen molar-refractivity contribution in [3.63, 3.8) is 0 Å². The van der Waals surface area contributed by atoms with Crippen molar-refractivity contribution in [1.29, 1.82) is 0 Å². The van der Waals surface area contributed by atoms with Crippen molar-refractivity contribution in [2.24, 2.45) is 0 Å². The molecule has 1 saturated heterocycles. The molecule has 0 bridgehead atoms. The lowest BCUT2D eigenvalue weighted by atomic mass is 10.00. The van der Waals surface area contributed by atoms with Crippen LogP contribution in [-0.4, -0.2) is 11.0 Å². The van der Waals surface area contributed by atoms with E-state index in [1.54, 1.807) is 0 Å². The summed E-state index contributed by atoms with van der Waals surface area (Å²) < 4.78 is 3.03. The van der Waals surface area contributed by atoms with Crippen LogP contribution in [0.3, 0.4) is 0 Å². The Morgan fingerprint density at radius 3 is 1.47 bits per heavy atom. The van der Waals surface area contributed by atoms with Crippen LogP contribution >= 0.6 is 16.1 Å². The van der Waals surface area contributed by atoms with Gasteiger partial charge in [-0.1, -0.05) is 159 Å². The Morgan fingerprint density at radius 2 is 1.00 bits per heavy atom. The van der Waals surface area contributed by atoms with Crippen LogP contribution in [-0.2, 0) is 0 Å². The molecule has 0 aliphatic carbocycles. The first kappa shape index (κ1) is 28.4. The molecule has 1 heterocycles. The fourth-order valence-corrected chi connectivity index (χ4v) is 14.2. The molecule has 0 saturated carbocycles. The van der Waals surface area contributed by atoms with Crippen molar-refractivity contribution in [1.82, 2.24) is 4.44 Å². The lowest BCUT2D eigenvalue weighted by Gasteiger charge is -2.42. The Hall–Kier alpha value is -3.34. The Balaban J connectivity index is 1.40. The number of unbranched alkanes of at least 4 members (excludes halogenated alkanes) is 1. The molecule has 0 spiro atoms. The molecule has 3 heteroatoms. The number of nitrogens with zero attached hydrogens (tertiary/aromatic N) is 1. The van der Waals surface area contributed by atoms with Gasteiger partial charge in [0.1, 0.15) is 0 Å². The highest BCUT2D eigenvalue weighted by atomic mass is 31.2. The molecule has 0 aromatic heterocycles. The molecule has 1 aliphatic heterocycles. The van der Waals surface area contributed by atoms with Gasteiger partial charge in [-0.15, -0.1) is 0 Å². The van der Waals surface area contributed by atoms with Gasteiger partial charge < -0.3 is 0 Å². The van der Waals surface area contributed by atoms with Crippen LogP contribution in [0.15, 0.2) is 146 Å². The van der Waals surface area contributed by atoms with Crippen LogP contribution in [0.2, 0.25) is 0 Å². The van der Waals surface area contributed by atoms with Gasteiger partial charge in [0, 0.05) is 25.9 Å². The summed E-state index contributed by atoms with van der Waals surface area (Å²) in [5.41, 5.74) is 4.10. The first-order valence-corrected chi connectivity index (χ1v) is 18.5. The highest BCUT2D eigenvalue weighted by molar-refractivity contribution is 7.79. The smallest absolute Gasteiger partial charge is 0.0318 e. The van der Waals surface area contributed by atoms with E-state index in [1.807, 2.05) is 0 Å². The molecule has 2 atom stereocenters. The SMILES string of the molecule is CCCCN(P(c1ccccc1)c1ccccc1)P1[C@H](c2ccc3ccccc3c2)CC[C@H]1c1ccc2ccccc2c1. The van der Waals surface area contributed by atoms with Crippen LogP contribution in [0.5, 0.6) is 0 Å². The zero-order chi connectivity index (χ0) is 29.0. The summed E-state index contributed by atoms with van der Waals surface area (Å²) in [6, 6.07) is 55.1. The van der Waals surface area contributed by atoms with Crippen molar-refractivity contribution in [3.8, 4) is 0 Å². The second-order valence-corrected chi connectivity index (χ2v) is 16.6. The fourth-order valence-electron chi connectivity index (χ4n) is 6.76. The zero-order valence-electron chi connectivity index (χ0n) is 24.9. The minimum atomic E-state index is -0.678. The first-order chi connectivity index (χ1) is 21.3. The van der Waals surface area contributed by atoms with Gasteiger partial charge in [-0.05, 0) is 70.6 Å². The third kappa shape index (κ3) is 5.92. The van der Waals surface area contributed by atoms with Gasteiger partial charge in [-0.3, -0.25) is 4.44 Å². The molecule has 214 valence electrons. The average molecular weight is 596 g/mol. The highest BCUT2D eigenvalue weighted by Crippen LogP contribution is 2.76. The predicted octanol–water partition coefficient (Wildman–Crippen LogP) is 11.1. The third-order valence-corrected chi connectivity index (χ3v) is 15.4. The second-order valence-electron chi connectivity index (χ2n) is 11.6. The molecule has 0 radical (unpaired) electrons. The fraction of sp³-hybridized carbons (Fsp3) is 0.200. The van der Waals surface area contributed by atoms with E-state index < -0.39 is 16.1 Å². The summed E-state index contributed by atoms with van der Waals surface area (Å²) in [6.07, 6.45) is 4.88. The number of rotatable bonds is 9. The maximum Gasteiger partial charge on any atom is 0.0318 e. The largest absolute Gasteiger partial charge is 0.251 e. The van der Waals surface area contributed by atoms with E-state index in [0.29, 0.717) is 11.3 Å². The molecular weight excluding hydrogens is 556 g/mol. The topological polar surface area (TPSA) is 3.24 Å². The molecule has 6 aromatic rings. The van der Waals surface area contributed by atoms with Crippen LogP contribution in [0.25, 0.3) is 21.5 Å². The number of hydrogen-bond donors (Lipinski definition) is 0. The molecule has 6 aromatic carbocycles. The van der Waals surface area contributed by atoms with E-state index in [1.165, 1.54) is 69.0 Å². The minimum Gasteiger partial charge on any atom is -0.251 e. The molecule has 1 nitrogen and oxygen atoms in total. The standard InChI is InChI=1S/C40H39NP2/c1-2-3-28-41(42(37-18-6-4-7-19-37)38-20-8-5-9-21-38)43-39(35-24-22-31-14-10-12-16-33(31)29-35)26-27-40(43)36-25-23-32-15-11-13-17-34(32)30-36/h4-25,29-30,39-40H,2-3,26-28H2,1H3/t39-,40-/m0/s1. The van der Waals surface area contributed by atoms with Gasteiger partial charge in [0.05, 0.1) is 0 Å². The highest BCUT2D eigenvalue weighted by Gasteiger charge is 2.44. The number of fused-ring (bicyclic) bond motifs is 2. The Labute approximate surface area is 259 Å². The quantitative estimate of drug-likeness (QED) is 0.150. The lowest BCUT2D eigenvalue weighted by molar-refractivity contribution is 0.632. The maximum absolute atomic E-state index is 3.03. The minimum absolute atomic E-state index is 0.533. The normalized spacial score (nSPS) is 17.4. The Kier molecular flexibility index (Phi) is 8.67. The Bertz CT molecular complexity index is 1680. The van der Waals surface area contributed by atoms with E-state index in [-0.39, 0.29) is 0 Å². The Morgan fingerprint density at radius 1 is 0.558 bits per heavy atom. The van der Waals surface area contributed by atoms with Crippen LogP contribution in [0, 0.1) is 0 Å². The molecule has 0 N–H and O–H groups in total. The predicted molar refractivity (Wildman–Crippen MR) is 190 cm³/mol. The van der Waals surface area contributed by atoms with Crippen LogP contribution < -0.4 is 10.6 Å². The van der Waals surface area contributed by atoms with Crippen molar-refractivity contribution >= 4 is 48.3 Å². The summed E-state index contributed by atoms with van der Waals surface area (Å²) >= 11 is 0. The summed E-state index contributed by atoms with van der Waals surface area (Å²) in [4.78, 5) is 0. The summed E-state index contributed by atoms with van der Waals surface area (Å²) in [7, 11) is -1.21. The van der Waals surface area contributed by atoms with Crippen molar-refractivity contribution in [2.75, 3.05) is 6.54 Å². The van der Waals surface area contributed by atoms with E-state index in [9.17, 15) is 0 Å². The van der Waals surface area contributed by atoms with Crippen molar-refractivity contribution in [3.05, 3.63) is 157 Å². The van der Waals surface area contributed by atoms with Crippen molar-refractivity contribution in [2.45, 2.75) is 43.9 Å². The molecule has 0 unspecified atom stereocenters. The van der Waals surface area contributed by atoms with Gasteiger partial charge >= 0.3 is 0 Å². The molecule has 0 amide bonds. The van der Waals surface area contributed by atoms with Crippen LogP contribution in [0.1, 0.15) is 55.1 Å². The summed E-state index contributed by atoms with van der Waals surface area (Å²) in [5, 5.41) is 8.30. The monoisotopic (exact) mass is 595 g/mol. The maximum atomic E-state index is 3.03. The van der Waals surface area contributed by atoms with Crippen LogP contribution in [0.4, 0.5) is 0 Å². The van der Waals surface area contributed by atoms with Gasteiger partial charge in [-0.2, -0.15) is 0 Å².